The van der Waals surface area contributed by atoms with Gasteiger partial charge in [-0.1, -0.05) is 38.1 Å². The minimum Gasteiger partial charge on any atom is -0.497 e. The second-order valence-electron chi connectivity index (χ2n) is 9.64. The van der Waals surface area contributed by atoms with Gasteiger partial charge in [-0.25, -0.2) is 13.4 Å². The van der Waals surface area contributed by atoms with Crippen LogP contribution in [0, 0.1) is 12.8 Å². The van der Waals surface area contributed by atoms with E-state index in [-0.39, 0.29) is 23.8 Å². The average Bonchev–Trinajstić information content (AvgIpc) is 3.21. The van der Waals surface area contributed by atoms with Crippen LogP contribution in [0.5, 0.6) is 5.75 Å². The molecule has 0 aliphatic rings. The first-order valence-electron chi connectivity index (χ1n) is 12.3. The number of imidazole rings is 1. The number of carboxylic acids is 1. The van der Waals surface area contributed by atoms with Gasteiger partial charge in [0.15, 0.2) is 0 Å². The maximum Gasteiger partial charge on any atom is 0.322 e. The number of carbonyl (C=O) groups is 1. The van der Waals surface area contributed by atoms with E-state index in [2.05, 4.69) is 9.97 Å². The maximum atomic E-state index is 13.9. The molecule has 2 aromatic carbocycles. The molecule has 1 atom stereocenters. The first kappa shape index (κ1) is 27.3. The second kappa shape index (κ2) is 11.3. The number of aromatic nitrogens is 3. The third-order valence-corrected chi connectivity index (χ3v) is 8.31. The Bertz CT molecular complexity index is 1510. The third-order valence-electron chi connectivity index (χ3n) is 6.44. The van der Waals surface area contributed by atoms with Gasteiger partial charge in [-0.15, -0.1) is 0 Å². The van der Waals surface area contributed by atoms with Crippen molar-refractivity contribution < 1.29 is 23.1 Å². The van der Waals surface area contributed by atoms with Gasteiger partial charge in [-0.3, -0.25) is 9.78 Å². The van der Waals surface area contributed by atoms with E-state index in [1.807, 2.05) is 31.4 Å². The molecule has 0 aliphatic heterocycles. The number of rotatable bonds is 11. The van der Waals surface area contributed by atoms with Crippen LogP contribution in [0.25, 0.3) is 11.0 Å². The molecular weight excluding hydrogens is 504 g/mol. The summed E-state index contributed by atoms with van der Waals surface area (Å²) in [5, 5.41) is 10.0. The fourth-order valence-electron chi connectivity index (χ4n) is 4.45. The lowest BCUT2D eigenvalue weighted by Crippen LogP contribution is -2.45. The lowest BCUT2D eigenvalue weighted by Gasteiger charge is -2.29. The Morgan fingerprint density at radius 3 is 2.32 bits per heavy atom. The largest absolute Gasteiger partial charge is 0.497 e. The standard InChI is InChI=1S/C28H32N4O5S/c1-19(2)15-27(28(33)34)32(18-22-5-9-23(37-4)10-6-22)38(35,36)24-11-7-21(8-12-24)17-31-20(3)30-25-16-29-14-13-26(25)31/h5-14,16,19,27H,15,17-18H2,1-4H3,(H,33,34)/t27-/m0/s1. The fourth-order valence-corrected chi connectivity index (χ4v) is 6.03. The summed E-state index contributed by atoms with van der Waals surface area (Å²) in [6.45, 7) is 6.09. The molecular formula is C28H32N4O5S. The van der Waals surface area contributed by atoms with E-state index in [9.17, 15) is 18.3 Å². The monoisotopic (exact) mass is 536 g/mol. The van der Waals surface area contributed by atoms with Crippen LogP contribution in [-0.2, 0) is 27.9 Å². The van der Waals surface area contributed by atoms with E-state index < -0.39 is 22.0 Å². The third kappa shape index (κ3) is 5.87. The molecule has 2 heterocycles. The van der Waals surface area contributed by atoms with Gasteiger partial charge in [0.1, 0.15) is 23.1 Å². The number of pyridine rings is 1. The summed E-state index contributed by atoms with van der Waals surface area (Å²) in [6, 6.07) is 14.2. The summed E-state index contributed by atoms with van der Waals surface area (Å²) < 4.78 is 36.0. The highest BCUT2D eigenvalue weighted by Crippen LogP contribution is 2.26. The van der Waals surface area contributed by atoms with Crippen LogP contribution in [-0.4, -0.2) is 51.5 Å². The molecule has 4 rings (SSSR count). The number of fused-ring (bicyclic) bond motifs is 1. The molecule has 38 heavy (non-hydrogen) atoms. The maximum absolute atomic E-state index is 13.9. The van der Waals surface area contributed by atoms with Crippen molar-refractivity contribution in [3.05, 3.63) is 83.9 Å². The van der Waals surface area contributed by atoms with Crippen molar-refractivity contribution in [3.8, 4) is 5.75 Å². The summed E-state index contributed by atoms with van der Waals surface area (Å²) in [4.78, 5) is 21.0. The number of methoxy groups -OCH3 is 1. The molecule has 0 radical (unpaired) electrons. The molecule has 200 valence electrons. The van der Waals surface area contributed by atoms with E-state index in [4.69, 9.17) is 4.74 Å². The number of aliphatic carboxylic acids is 1. The SMILES string of the molecule is COc1ccc(CN([C@@H](CC(C)C)C(=O)O)S(=O)(=O)c2ccc(Cn3c(C)nc4cnccc43)cc2)cc1. The lowest BCUT2D eigenvalue weighted by atomic mass is 10.0. The average molecular weight is 537 g/mol. The molecule has 0 fully saturated rings. The van der Waals surface area contributed by atoms with Gasteiger partial charge >= 0.3 is 5.97 Å². The van der Waals surface area contributed by atoms with Gasteiger partial charge in [0.2, 0.25) is 10.0 Å². The van der Waals surface area contributed by atoms with Gasteiger partial charge < -0.3 is 14.4 Å². The topological polar surface area (TPSA) is 115 Å². The number of nitrogens with zero attached hydrogens (tertiary/aromatic N) is 4. The Morgan fingerprint density at radius 2 is 1.71 bits per heavy atom. The summed E-state index contributed by atoms with van der Waals surface area (Å²) in [5.41, 5.74) is 3.29. The molecule has 9 nitrogen and oxygen atoms in total. The van der Waals surface area contributed by atoms with Crippen molar-refractivity contribution >= 4 is 27.0 Å². The summed E-state index contributed by atoms with van der Waals surface area (Å²) in [6.07, 6.45) is 3.61. The number of aryl methyl sites for hydroxylation is 1. The van der Waals surface area contributed by atoms with Crippen LogP contribution in [0.15, 0.2) is 71.9 Å². The van der Waals surface area contributed by atoms with Gasteiger partial charge in [0.25, 0.3) is 0 Å². The number of sulfonamides is 1. The normalized spacial score (nSPS) is 12.8. The predicted octanol–water partition coefficient (Wildman–Crippen LogP) is 4.49. The van der Waals surface area contributed by atoms with Crippen molar-refractivity contribution in [2.24, 2.45) is 5.92 Å². The molecule has 10 heteroatoms. The molecule has 0 aliphatic carbocycles. The lowest BCUT2D eigenvalue weighted by molar-refractivity contribution is -0.142. The number of carboxylic acid groups (broad SMARTS) is 1. The first-order valence-corrected chi connectivity index (χ1v) is 13.8. The van der Waals surface area contributed by atoms with Crippen molar-refractivity contribution in [2.45, 2.75) is 51.2 Å². The Balaban J connectivity index is 1.66. The quantitative estimate of drug-likeness (QED) is 0.300. The first-order chi connectivity index (χ1) is 18.1. The molecule has 0 unspecified atom stereocenters. The minimum atomic E-state index is -4.13. The Morgan fingerprint density at radius 1 is 1.05 bits per heavy atom. The van der Waals surface area contributed by atoms with Crippen LogP contribution in [0.4, 0.5) is 0 Å². The van der Waals surface area contributed by atoms with Crippen molar-refractivity contribution in [1.82, 2.24) is 18.8 Å². The Hall–Kier alpha value is -3.76. The number of hydrogen-bond acceptors (Lipinski definition) is 6. The van der Waals surface area contributed by atoms with Gasteiger partial charge in [0, 0.05) is 19.3 Å². The fraction of sp³-hybridized carbons (Fsp3) is 0.321. The molecule has 0 amide bonds. The van der Waals surface area contributed by atoms with E-state index in [1.54, 1.807) is 55.9 Å². The summed E-state index contributed by atoms with van der Waals surface area (Å²) in [7, 11) is -2.58. The van der Waals surface area contributed by atoms with E-state index >= 15 is 0 Å². The van der Waals surface area contributed by atoms with Crippen LogP contribution in [0.2, 0.25) is 0 Å². The summed E-state index contributed by atoms with van der Waals surface area (Å²) >= 11 is 0. The predicted molar refractivity (Wildman–Crippen MR) is 144 cm³/mol. The number of ether oxygens (including phenoxy) is 1. The number of hydrogen-bond donors (Lipinski definition) is 1. The molecule has 4 aromatic rings. The van der Waals surface area contributed by atoms with Crippen molar-refractivity contribution in [3.63, 3.8) is 0 Å². The Labute approximate surface area is 222 Å². The Kier molecular flexibility index (Phi) is 8.13. The zero-order valence-corrected chi connectivity index (χ0v) is 22.7. The zero-order valence-electron chi connectivity index (χ0n) is 21.9. The second-order valence-corrected chi connectivity index (χ2v) is 11.5. The van der Waals surface area contributed by atoms with Gasteiger partial charge in [-0.2, -0.15) is 4.31 Å². The molecule has 0 saturated carbocycles. The summed E-state index contributed by atoms with van der Waals surface area (Å²) in [5.74, 6) is 0.265. The van der Waals surface area contributed by atoms with Crippen LogP contribution in [0.1, 0.15) is 37.2 Å². The van der Waals surface area contributed by atoms with E-state index in [0.29, 0.717) is 17.9 Å². The smallest absolute Gasteiger partial charge is 0.322 e. The van der Waals surface area contributed by atoms with Crippen LogP contribution < -0.4 is 4.74 Å². The van der Waals surface area contributed by atoms with Crippen LogP contribution in [0.3, 0.4) is 0 Å². The molecule has 1 N–H and O–H groups in total. The van der Waals surface area contributed by atoms with E-state index in [1.165, 1.54) is 12.1 Å². The molecule has 0 saturated heterocycles. The number of benzene rings is 2. The highest BCUT2D eigenvalue weighted by molar-refractivity contribution is 7.89. The molecule has 0 bridgehead atoms. The zero-order chi connectivity index (χ0) is 27.4. The van der Waals surface area contributed by atoms with Crippen molar-refractivity contribution in [2.75, 3.05) is 7.11 Å². The molecule has 0 spiro atoms. The van der Waals surface area contributed by atoms with Gasteiger partial charge in [0.05, 0.1) is 23.7 Å². The minimum absolute atomic E-state index is 0.0181. The van der Waals surface area contributed by atoms with Gasteiger partial charge in [-0.05, 0) is 60.7 Å². The van der Waals surface area contributed by atoms with Crippen molar-refractivity contribution in [1.29, 1.82) is 0 Å². The van der Waals surface area contributed by atoms with E-state index in [0.717, 1.165) is 26.7 Å². The molecule has 2 aromatic heterocycles. The highest BCUT2D eigenvalue weighted by atomic mass is 32.2. The highest BCUT2D eigenvalue weighted by Gasteiger charge is 2.36. The van der Waals surface area contributed by atoms with Crippen LogP contribution >= 0.6 is 0 Å².